The Labute approximate surface area is 168 Å². The minimum atomic E-state index is -1.41. The lowest BCUT2D eigenvalue weighted by molar-refractivity contribution is -0.186. The molecular formula is C21H28O8. The predicted octanol–water partition coefficient (Wildman–Crippen LogP) is 2.25. The molecular weight excluding hydrogens is 380 g/mol. The molecule has 1 unspecified atom stereocenters. The number of rotatable bonds is 6. The Hall–Kier alpha value is -2.19. The molecule has 29 heavy (non-hydrogen) atoms. The van der Waals surface area contributed by atoms with Crippen molar-refractivity contribution in [3.05, 3.63) is 24.2 Å². The van der Waals surface area contributed by atoms with Crippen LogP contribution in [0.4, 0.5) is 0 Å². The highest BCUT2D eigenvalue weighted by Crippen LogP contribution is 2.63. The molecule has 0 radical (unpaired) electrons. The second-order valence-corrected chi connectivity index (χ2v) is 9.10. The smallest absolute Gasteiger partial charge is 0.307 e. The van der Waals surface area contributed by atoms with Crippen molar-refractivity contribution in [3.8, 4) is 0 Å². The molecule has 3 rings (SSSR count). The maximum Gasteiger partial charge on any atom is 0.307 e. The largest absolute Gasteiger partial charge is 0.481 e. The molecule has 0 aliphatic heterocycles. The Kier molecular flexibility index (Phi) is 5.62. The summed E-state index contributed by atoms with van der Waals surface area (Å²) in [6, 6.07) is 1.60. The molecule has 0 aromatic carbocycles. The first-order valence-corrected chi connectivity index (χ1v) is 9.87. The number of ketones is 1. The molecule has 0 saturated heterocycles. The predicted molar refractivity (Wildman–Crippen MR) is 99.7 cm³/mol. The number of aliphatic carboxylic acids is 2. The van der Waals surface area contributed by atoms with Gasteiger partial charge in [-0.1, -0.05) is 13.8 Å². The lowest BCUT2D eigenvalue weighted by Crippen LogP contribution is -2.62. The molecule has 2 fully saturated rings. The van der Waals surface area contributed by atoms with E-state index in [0.29, 0.717) is 18.4 Å². The normalized spacial score (nSPS) is 38.3. The van der Waals surface area contributed by atoms with Gasteiger partial charge in [-0.05, 0) is 48.5 Å². The number of Topliss-reactive ketones (excluding diaryl/α,β-unsaturated/α-hetero) is 1. The topological polar surface area (TPSA) is 145 Å². The molecule has 0 spiro atoms. The SMILES string of the molecule is C[C@@]1(CC(O)c2ccoc2)[C@@H](CC(=O)O)CC[C@]2(C)[C@@H]1C(=O)[C@@H](O)C[C@H]2C(=O)O. The molecule has 160 valence electrons. The van der Waals surface area contributed by atoms with Gasteiger partial charge in [-0.3, -0.25) is 14.4 Å². The lowest BCUT2D eigenvalue weighted by Gasteiger charge is -2.60. The summed E-state index contributed by atoms with van der Waals surface area (Å²) in [5.41, 5.74) is -1.43. The average Bonchev–Trinajstić information content (AvgIpc) is 3.15. The Morgan fingerprint density at radius 2 is 2.00 bits per heavy atom. The van der Waals surface area contributed by atoms with Crippen LogP contribution in [0.5, 0.6) is 0 Å². The third-order valence-electron chi connectivity index (χ3n) is 7.43. The van der Waals surface area contributed by atoms with Crippen LogP contribution in [0.1, 0.15) is 57.6 Å². The van der Waals surface area contributed by atoms with Gasteiger partial charge in [0.2, 0.25) is 0 Å². The highest BCUT2D eigenvalue weighted by atomic mass is 16.4. The van der Waals surface area contributed by atoms with Gasteiger partial charge in [0.25, 0.3) is 0 Å². The first-order chi connectivity index (χ1) is 13.5. The van der Waals surface area contributed by atoms with E-state index in [1.807, 2.05) is 0 Å². The standard InChI is InChI=1S/C21H28O8/c1-20-5-3-12(7-16(24)25)21(2,9-15(23)11-4-6-29-10-11)18(20)17(26)14(22)8-13(20)19(27)28/h4,6,10,12-15,18,22-23H,3,5,7-9H2,1-2H3,(H,24,25)(H,27,28)/t12-,13+,14+,15?,18+,20+,21-/m1/s1. The molecule has 2 saturated carbocycles. The van der Waals surface area contributed by atoms with E-state index in [1.54, 1.807) is 19.9 Å². The fourth-order valence-corrected chi connectivity index (χ4v) is 5.99. The molecule has 1 aromatic rings. The van der Waals surface area contributed by atoms with Crippen molar-refractivity contribution in [2.24, 2.45) is 28.6 Å². The molecule has 1 aromatic heterocycles. The van der Waals surface area contributed by atoms with Crippen molar-refractivity contribution >= 4 is 17.7 Å². The number of hydrogen-bond acceptors (Lipinski definition) is 6. The molecule has 2 aliphatic rings. The third kappa shape index (κ3) is 3.59. The number of aliphatic hydroxyl groups excluding tert-OH is 2. The van der Waals surface area contributed by atoms with E-state index in [9.17, 15) is 34.8 Å². The van der Waals surface area contributed by atoms with Crippen LogP contribution in [0.2, 0.25) is 0 Å². The van der Waals surface area contributed by atoms with Crippen molar-refractivity contribution in [1.29, 1.82) is 0 Å². The van der Waals surface area contributed by atoms with Crippen molar-refractivity contribution in [1.82, 2.24) is 0 Å². The molecule has 0 amide bonds. The van der Waals surface area contributed by atoms with Gasteiger partial charge >= 0.3 is 11.9 Å². The summed E-state index contributed by atoms with van der Waals surface area (Å²) in [7, 11) is 0. The number of carboxylic acids is 2. The van der Waals surface area contributed by atoms with E-state index in [4.69, 9.17) is 4.42 Å². The van der Waals surface area contributed by atoms with Crippen LogP contribution in [0, 0.1) is 28.6 Å². The summed E-state index contributed by atoms with van der Waals surface area (Å²) in [6.45, 7) is 3.50. The maximum absolute atomic E-state index is 13.2. The van der Waals surface area contributed by atoms with Crippen LogP contribution < -0.4 is 0 Å². The molecule has 8 heteroatoms. The van der Waals surface area contributed by atoms with Gasteiger partial charge < -0.3 is 24.8 Å². The number of carbonyl (C=O) groups excluding carboxylic acids is 1. The van der Waals surface area contributed by atoms with Gasteiger partial charge in [-0.2, -0.15) is 0 Å². The average molecular weight is 408 g/mol. The number of furan rings is 1. The van der Waals surface area contributed by atoms with Crippen LogP contribution in [0.15, 0.2) is 23.0 Å². The van der Waals surface area contributed by atoms with E-state index in [2.05, 4.69) is 0 Å². The number of aliphatic hydroxyl groups is 2. The van der Waals surface area contributed by atoms with E-state index in [1.165, 1.54) is 12.5 Å². The first kappa shape index (κ1) is 21.5. The van der Waals surface area contributed by atoms with Crippen LogP contribution in [0.3, 0.4) is 0 Å². The minimum absolute atomic E-state index is 0.0650. The summed E-state index contributed by atoms with van der Waals surface area (Å²) in [5.74, 6) is -4.78. The van der Waals surface area contributed by atoms with Crippen molar-refractivity contribution in [2.45, 2.75) is 58.2 Å². The second-order valence-electron chi connectivity index (χ2n) is 9.10. The monoisotopic (exact) mass is 408 g/mol. The number of carbonyl (C=O) groups is 3. The first-order valence-electron chi connectivity index (χ1n) is 9.87. The van der Waals surface area contributed by atoms with E-state index in [0.717, 1.165) is 0 Å². The summed E-state index contributed by atoms with van der Waals surface area (Å²) in [5, 5.41) is 40.4. The van der Waals surface area contributed by atoms with Crippen LogP contribution in [-0.2, 0) is 14.4 Å². The fourth-order valence-electron chi connectivity index (χ4n) is 5.99. The Morgan fingerprint density at radius 3 is 2.55 bits per heavy atom. The fraction of sp³-hybridized carbons (Fsp3) is 0.667. The number of carboxylic acid groups (broad SMARTS) is 2. The van der Waals surface area contributed by atoms with E-state index in [-0.39, 0.29) is 19.3 Å². The zero-order valence-corrected chi connectivity index (χ0v) is 16.6. The molecule has 8 nitrogen and oxygen atoms in total. The summed E-state index contributed by atoms with van der Waals surface area (Å²) in [6.07, 6.45) is 0.916. The number of fused-ring (bicyclic) bond motifs is 1. The summed E-state index contributed by atoms with van der Waals surface area (Å²) in [4.78, 5) is 36.6. The quantitative estimate of drug-likeness (QED) is 0.561. The number of hydrogen-bond donors (Lipinski definition) is 4. The van der Waals surface area contributed by atoms with E-state index < -0.39 is 58.5 Å². The molecule has 1 heterocycles. The highest BCUT2D eigenvalue weighted by molar-refractivity contribution is 5.90. The van der Waals surface area contributed by atoms with Crippen molar-refractivity contribution < 1.29 is 39.2 Å². The Morgan fingerprint density at radius 1 is 1.31 bits per heavy atom. The van der Waals surface area contributed by atoms with Gasteiger partial charge in [0, 0.05) is 17.9 Å². The van der Waals surface area contributed by atoms with Gasteiger partial charge in [0.15, 0.2) is 5.78 Å². The zero-order valence-electron chi connectivity index (χ0n) is 16.6. The highest BCUT2D eigenvalue weighted by Gasteiger charge is 2.64. The Balaban J connectivity index is 2.08. The van der Waals surface area contributed by atoms with Crippen LogP contribution >= 0.6 is 0 Å². The van der Waals surface area contributed by atoms with Crippen LogP contribution in [-0.4, -0.2) is 44.3 Å². The van der Waals surface area contributed by atoms with Crippen molar-refractivity contribution in [2.75, 3.05) is 0 Å². The minimum Gasteiger partial charge on any atom is -0.481 e. The van der Waals surface area contributed by atoms with Gasteiger partial charge in [-0.15, -0.1) is 0 Å². The van der Waals surface area contributed by atoms with Gasteiger partial charge in [0.1, 0.15) is 6.10 Å². The second kappa shape index (κ2) is 7.57. The zero-order chi connectivity index (χ0) is 21.6. The van der Waals surface area contributed by atoms with Crippen molar-refractivity contribution in [3.63, 3.8) is 0 Å². The van der Waals surface area contributed by atoms with Gasteiger partial charge in [0.05, 0.1) is 24.5 Å². The van der Waals surface area contributed by atoms with Gasteiger partial charge in [-0.25, -0.2) is 0 Å². The lowest BCUT2D eigenvalue weighted by atomic mass is 9.43. The maximum atomic E-state index is 13.2. The Bertz CT molecular complexity index is 787. The summed E-state index contributed by atoms with van der Waals surface area (Å²) < 4.78 is 5.02. The molecule has 2 aliphatic carbocycles. The third-order valence-corrected chi connectivity index (χ3v) is 7.43. The van der Waals surface area contributed by atoms with E-state index >= 15 is 0 Å². The van der Waals surface area contributed by atoms with Crippen LogP contribution in [0.25, 0.3) is 0 Å². The molecule has 7 atom stereocenters. The molecule has 0 bridgehead atoms. The molecule has 4 N–H and O–H groups in total. The summed E-state index contributed by atoms with van der Waals surface area (Å²) >= 11 is 0.